The first-order chi connectivity index (χ1) is 6.27. The van der Waals surface area contributed by atoms with E-state index in [-0.39, 0.29) is 0 Å². The van der Waals surface area contributed by atoms with E-state index in [1.165, 1.54) is 5.56 Å². The summed E-state index contributed by atoms with van der Waals surface area (Å²) >= 11 is 0. The van der Waals surface area contributed by atoms with Crippen LogP contribution in [0.2, 0.25) is 0 Å². The molecule has 0 N–H and O–H groups in total. The van der Waals surface area contributed by atoms with Gasteiger partial charge in [-0.25, -0.2) is 0 Å². The second kappa shape index (κ2) is 3.05. The van der Waals surface area contributed by atoms with E-state index in [1.54, 1.807) is 6.20 Å². The summed E-state index contributed by atoms with van der Waals surface area (Å²) in [6.45, 7) is 3.84. The monoisotopic (exact) mass is 171 g/mol. The normalized spacial score (nSPS) is 10.3. The minimum absolute atomic E-state index is 1.03. The van der Waals surface area contributed by atoms with Crippen LogP contribution in [0.4, 0.5) is 0 Å². The predicted molar refractivity (Wildman–Crippen MR) is 53.1 cm³/mol. The second-order valence-corrected chi connectivity index (χ2v) is 3.04. The van der Waals surface area contributed by atoms with Gasteiger partial charge in [0.05, 0.1) is 5.69 Å². The van der Waals surface area contributed by atoms with E-state index in [1.807, 2.05) is 29.9 Å². The third kappa shape index (κ3) is 1.47. The molecule has 2 nitrogen and oxygen atoms in total. The number of hydrogen-bond donors (Lipinski definition) is 0. The van der Waals surface area contributed by atoms with Crippen molar-refractivity contribution >= 4 is 0 Å². The summed E-state index contributed by atoms with van der Waals surface area (Å²) in [5.41, 5.74) is 3.33. The van der Waals surface area contributed by atoms with Gasteiger partial charge in [-0.3, -0.25) is 4.68 Å². The zero-order valence-electron chi connectivity index (χ0n) is 7.57. The van der Waals surface area contributed by atoms with Gasteiger partial charge in [0, 0.05) is 13.2 Å². The average molecular weight is 171 g/mol. The zero-order valence-corrected chi connectivity index (χ0v) is 7.57. The van der Waals surface area contributed by atoms with Crippen molar-refractivity contribution in [3.8, 4) is 11.3 Å². The molecule has 0 spiro atoms. The van der Waals surface area contributed by atoms with Gasteiger partial charge in [0.1, 0.15) is 0 Å². The van der Waals surface area contributed by atoms with Crippen LogP contribution in [0.3, 0.4) is 0 Å². The third-order valence-electron chi connectivity index (χ3n) is 2.07. The van der Waals surface area contributed by atoms with Crippen molar-refractivity contribution in [2.45, 2.75) is 0 Å². The predicted octanol–water partition coefficient (Wildman–Crippen LogP) is 2.27. The third-order valence-corrected chi connectivity index (χ3v) is 2.07. The quantitative estimate of drug-likeness (QED) is 0.643. The molecule has 1 heterocycles. The van der Waals surface area contributed by atoms with Crippen LogP contribution in [0, 0.1) is 6.92 Å². The number of hydrogen-bond acceptors (Lipinski definition) is 1. The Kier molecular flexibility index (Phi) is 1.89. The van der Waals surface area contributed by atoms with Crippen LogP contribution in [0.15, 0.2) is 36.5 Å². The number of rotatable bonds is 1. The standard InChI is InChI=1S/C11H11N2/c1-9-3-5-10(6-4-9)11-7-8-12-13(11)2/h3-8H,1H2,2H3. The molecule has 0 saturated carbocycles. The van der Waals surface area contributed by atoms with E-state index in [9.17, 15) is 0 Å². The summed E-state index contributed by atoms with van der Waals surface area (Å²) in [6, 6.07) is 10.1. The summed E-state index contributed by atoms with van der Waals surface area (Å²) in [7, 11) is 1.94. The molecule has 2 heteroatoms. The highest BCUT2D eigenvalue weighted by atomic mass is 15.2. The van der Waals surface area contributed by atoms with E-state index in [4.69, 9.17) is 0 Å². The lowest BCUT2D eigenvalue weighted by Crippen LogP contribution is -1.92. The maximum atomic E-state index is 4.12. The molecular weight excluding hydrogens is 160 g/mol. The molecule has 1 aromatic carbocycles. The van der Waals surface area contributed by atoms with Crippen LogP contribution in [-0.2, 0) is 7.05 Å². The minimum Gasteiger partial charge on any atom is -0.268 e. The first-order valence-corrected chi connectivity index (χ1v) is 4.18. The van der Waals surface area contributed by atoms with Crippen molar-refractivity contribution in [3.05, 3.63) is 49.0 Å². The lowest BCUT2D eigenvalue weighted by atomic mass is 10.1. The fourth-order valence-corrected chi connectivity index (χ4v) is 1.33. The van der Waals surface area contributed by atoms with Crippen LogP contribution < -0.4 is 0 Å². The molecule has 0 unspecified atom stereocenters. The lowest BCUT2D eigenvalue weighted by Gasteiger charge is -2.01. The Hall–Kier alpha value is -1.57. The van der Waals surface area contributed by atoms with E-state index < -0.39 is 0 Å². The van der Waals surface area contributed by atoms with E-state index in [0.717, 1.165) is 11.3 Å². The topological polar surface area (TPSA) is 17.8 Å². The molecule has 2 aromatic rings. The first kappa shape index (κ1) is 8.05. The molecule has 0 aliphatic heterocycles. The number of benzene rings is 1. The SMILES string of the molecule is [CH2]c1ccc(-c2ccnn2C)cc1. The van der Waals surface area contributed by atoms with Crippen molar-refractivity contribution in [1.29, 1.82) is 0 Å². The lowest BCUT2D eigenvalue weighted by molar-refractivity contribution is 0.776. The van der Waals surface area contributed by atoms with Crippen molar-refractivity contribution in [2.75, 3.05) is 0 Å². The van der Waals surface area contributed by atoms with Crippen LogP contribution in [-0.4, -0.2) is 9.78 Å². The van der Waals surface area contributed by atoms with Gasteiger partial charge in [0.25, 0.3) is 0 Å². The maximum Gasteiger partial charge on any atom is 0.0678 e. The van der Waals surface area contributed by atoms with Gasteiger partial charge in [0.2, 0.25) is 0 Å². The van der Waals surface area contributed by atoms with Gasteiger partial charge < -0.3 is 0 Å². The summed E-state index contributed by atoms with van der Waals surface area (Å²) in [5, 5.41) is 4.12. The van der Waals surface area contributed by atoms with Crippen LogP contribution >= 0.6 is 0 Å². The molecule has 13 heavy (non-hydrogen) atoms. The van der Waals surface area contributed by atoms with Crippen molar-refractivity contribution in [3.63, 3.8) is 0 Å². The molecule has 1 radical (unpaired) electrons. The smallest absolute Gasteiger partial charge is 0.0678 e. The molecule has 0 bridgehead atoms. The van der Waals surface area contributed by atoms with Crippen molar-refractivity contribution in [2.24, 2.45) is 7.05 Å². The molecule has 0 aliphatic carbocycles. The minimum atomic E-state index is 1.03. The maximum absolute atomic E-state index is 4.12. The fourth-order valence-electron chi connectivity index (χ4n) is 1.33. The van der Waals surface area contributed by atoms with Crippen LogP contribution in [0.5, 0.6) is 0 Å². The molecule has 0 atom stereocenters. The van der Waals surface area contributed by atoms with Gasteiger partial charge >= 0.3 is 0 Å². The Morgan fingerprint density at radius 1 is 1.15 bits per heavy atom. The molecule has 65 valence electrons. The largest absolute Gasteiger partial charge is 0.268 e. The Bertz CT molecular complexity index is 398. The Balaban J connectivity index is 2.47. The van der Waals surface area contributed by atoms with E-state index >= 15 is 0 Å². The summed E-state index contributed by atoms with van der Waals surface area (Å²) in [4.78, 5) is 0. The highest BCUT2D eigenvalue weighted by Crippen LogP contribution is 2.17. The number of nitrogens with zero attached hydrogens (tertiary/aromatic N) is 2. The van der Waals surface area contributed by atoms with Crippen molar-refractivity contribution < 1.29 is 0 Å². The highest BCUT2D eigenvalue weighted by molar-refractivity contribution is 5.59. The van der Waals surface area contributed by atoms with Crippen LogP contribution in [0.25, 0.3) is 11.3 Å². The van der Waals surface area contributed by atoms with Gasteiger partial charge in [-0.1, -0.05) is 24.3 Å². The van der Waals surface area contributed by atoms with E-state index in [2.05, 4.69) is 24.2 Å². The van der Waals surface area contributed by atoms with E-state index in [0.29, 0.717) is 0 Å². The molecule has 1 aromatic heterocycles. The molecule has 2 rings (SSSR count). The summed E-state index contributed by atoms with van der Waals surface area (Å²) < 4.78 is 1.86. The zero-order chi connectivity index (χ0) is 9.26. The van der Waals surface area contributed by atoms with Gasteiger partial charge in [-0.05, 0) is 24.1 Å². The van der Waals surface area contributed by atoms with Gasteiger partial charge in [-0.15, -0.1) is 0 Å². The Morgan fingerprint density at radius 2 is 1.85 bits per heavy atom. The molecule has 0 saturated heterocycles. The molecule has 0 fully saturated rings. The second-order valence-electron chi connectivity index (χ2n) is 3.04. The highest BCUT2D eigenvalue weighted by Gasteiger charge is 2.00. The number of aromatic nitrogens is 2. The van der Waals surface area contributed by atoms with Gasteiger partial charge in [-0.2, -0.15) is 5.10 Å². The summed E-state index contributed by atoms with van der Waals surface area (Å²) in [6.07, 6.45) is 1.80. The molecule has 0 aliphatic rings. The molecule has 0 amide bonds. The fraction of sp³-hybridized carbons (Fsp3) is 0.0909. The Morgan fingerprint density at radius 3 is 2.38 bits per heavy atom. The van der Waals surface area contributed by atoms with Gasteiger partial charge in [0.15, 0.2) is 0 Å². The first-order valence-electron chi connectivity index (χ1n) is 4.18. The average Bonchev–Trinajstić information content (AvgIpc) is 2.53. The number of aryl methyl sites for hydroxylation is 1. The summed E-state index contributed by atoms with van der Waals surface area (Å²) in [5.74, 6) is 0. The van der Waals surface area contributed by atoms with Crippen molar-refractivity contribution in [1.82, 2.24) is 9.78 Å². The van der Waals surface area contributed by atoms with Crippen LogP contribution in [0.1, 0.15) is 5.56 Å². The Labute approximate surface area is 77.8 Å². The molecular formula is C11H11N2.